The molecule has 1 saturated heterocycles. The van der Waals surface area contributed by atoms with Gasteiger partial charge >= 0.3 is 6.01 Å². The van der Waals surface area contributed by atoms with Gasteiger partial charge in [0.2, 0.25) is 0 Å². The minimum Gasteiger partial charge on any atom is -0.467 e. The Morgan fingerprint density at radius 1 is 1.63 bits per heavy atom. The molecule has 1 aromatic rings. The molecule has 6 nitrogen and oxygen atoms in total. The maximum Gasteiger partial charge on any atom is 0.318 e. The number of morpholine rings is 1. The van der Waals surface area contributed by atoms with Gasteiger partial charge in [-0.05, 0) is 13.8 Å². The number of aliphatic hydroxyl groups excluding tert-OH is 1. The molecule has 0 saturated carbocycles. The highest BCUT2D eigenvalue weighted by Gasteiger charge is 2.34. The Morgan fingerprint density at radius 3 is 3.00 bits per heavy atom. The van der Waals surface area contributed by atoms with Crippen LogP contribution in [0.15, 0.2) is 6.20 Å². The third kappa shape index (κ3) is 3.26. The normalized spacial score (nSPS) is 22.4. The molecule has 7 heteroatoms. The first kappa shape index (κ1) is 14.3. The zero-order chi connectivity index (χ0) is 14.0. The minimum atomic E-state index is -0.382. The quantitative estimate of drug-likeness (QED) is 0.898. The molecule has 19 heavy (non-hydrogen) atoms. The Hall–Kier alpha value is -1.11. The molecule has 0 aromatic carbocycles. The SMILES string of the molecule is COc1ncc(Cl)c(N2CC(CO)OC(C)(C)C2)n1. The molecular formula is C12H18ClN3O3. The van der Waals surface area contributed by atoms with Crippen LogP contribution in [0, 0.1) is 0 Å². The van der Waals surface area contributed by atoms with Crippen LogP contribution in [0.5, 0.6) is 6.01 Å². The molecule has 0 aliphatic carbocycles. The molecule has 1 aromatic heterocycles. The number of rotatable bonds is 3. The lowest BCUT2D eigenvalue weighted by Crippen LogP contribution is -2.54. The van der Waals surface area contributed by atoms with Gasteiger partial charge < -0.3 is 19.5 Å². The average molecular weight is 288 g/mol. The van der Waals surface area contributed by atoms with Crippen LogP contribution in [0.2, 0.25) is 5.02 Å². The minimum absolute atomic E-state index is 0.0419. The highest BCUT2D eigenvalue weighted by Crippen LogP contribution is 2.30. The van der Waals surface area contributed by atoms with Gasteiger partial charge in [0.25, 0.3) is 0 Å². The van der Waals surface area contributed by atoms with Crippen LogP contribution in [0.1, 0.15) is 13.8 Å². The van der Waals surface area contributed by atoms with Crippen molar-refractivity contribution >= 4 is 17.4 Å². The summed E-state index contributed by atoms with van der Waals surface area (Å²) in [7, 11) is 1.51. The number of hydrogen-bond donors (Lipinski definition) is 1. The number of ether oxygens (including phenoxy) is 2. The van der Waals surface area contributed by atoms with Crippen molar-refractivity contribution < 1.29 is 14.6 Å². The molecule has 1 atom stereocenters. The zero-order valence-corrected chi connectivity index (χ0v) is 12.0. The Morgan fingerprint density at radius 2 is 2.37 bits per heavy atom. The number of anilines is 1. The predicted octanol–water partition coefficient (Wildman–Crippen LogP) is 1.11. The zero-order valence-electron chi connectivity index (χ0n) is 11.3. The van der Waals surface area contributed by atoms with Crippen molar-refractivity contribution in [1.82, 2.24) is 9.97 Å². The smallest absolute Gasteiger partial charge is 0.318 e. The molecule has 0 bridgehead atoms. The van der Waals surface area contributed by atoms with E-state index in [2.05, 4.69) is 9.97 Å². The van der Waals surface area contributed by atoms with Crippen LogP contribution in [0.25, 0.3) is 0 Å². The standard InChI is InChI=1S/C12H18ClN3O3/c1-12(2)7-16(5-8(6-17)19-12)10-9(13)4-14-11(15-10)18-3/h4,8,17H,5-7H2,1-3H3. The van der Waals surface area contributed by atoms with Crippen molar-refractivity contribution in [3.05, 3.63) is 11.2 Å². The van der Waals surface area contributed by atoms with Crippen LogP contribution in [-0.4, -0.2) is 53.6 Å². The van der Waals surface area contributed by atoms with Crippen molar-refractivity contribution in [2.45, 2.75) is 25.6 Å². The van der Waals surface area contributed by atoms with Gasteiger partial charge in [-0.25, -0.2) is 4.98 Å². The number of hydrogen-bond acceptors (Lipinski definition) is 6. The summed E-state index contributed by atoms with van der Waals surface area (Å²) < 4.78 is 10.8. The van der Waals surface area contributed by atoms with Gasteiger partial charge in [-0.1, -0.05) is 11.6 Å². The topological polar surface area (TPSA) is 67.7 Å². The fourth-order valence-electron chi connectivity index (χ4n) is 2.21. The second kappa shape index (κ2) is 5.48. The fraction of sp³-hybridized carbons (Fsp3) is 0.667. The predicted molar refractivity (Wildman–Crippen MR) is 71.8 cm³/mol. The van der Waals surface area contributed by atoms with E-state index in [1.54, 1.807) is 0 Å². The van der Waals surface area contributed by atoms with Gasteiger partial charge in [0.15, 0.2) is 5.82 Å². The first-order valence-corrected chi connectivity index (χ1v) is 6.43. The number of aliphatic hydroxyl groups is 1. The highest BCUT2D eigenvalue weighted by atomic mass is 35.5. The van der Waals surface area contributed by atoms with E-state index in [-0.39, 0.29) is 24.3 Å². The molecule has 1 fully saturated rings. The second-order valence-electron chi connectivity index (χ2n) is 5.09. The summed E-state index contributed by atoms with van der Waals surface area (Å²) in [6.07, 6.45) is 1.25. The Bertz CT molecular complexity index is 456. The first-order chi connectivity index (χ1) is 8.95. The van der Waals surface area contributed by atoms with E-state index in [0.29, 0.717) is 23.9 Å². The van der Waals surface area contributed by atoms with Crippen molar-refractivity contribution in [2.75, 3.05) is 31.7 Å². The van der Waals surface area contributed by atoms with Crippen LogP contribution >= 0.6 is 11.6 Å². The summed E-state index contributed by atoms with van der Waals surface area (Å²) in [4.78, 5) is 10.2. The number of aromatic nitrogens is 2. The number of halogens is 1. The highest BCUT2D eigenvalue weighted by molar-refractivity contribution is 6.32. The lowest BCUT2D eigenvalue weighted by molar-refractivity contribution is -0.101. The van der Waals surface area contributed by atoms with Crippen molar-refractivity contribution in [2.24, 2.45) is 0 Å². The van der Waals surface area contributed by atoms with E-state index in [9.17, 15) is 5.11 Å². The second-order valence-corrected chi connectivity index (χ2v) is 5.50. The molecular weight excluding hydrogens is 270 g/mol. The largest absolute Gasteiger partial charge is 0.467 e. The van der Waals surface area contributed by atoms with Crippen molar-refractivity contribution in [1.29, 1.82) is 0 Å². The van der Waals surface area contributed by atoms with Gasteiger partial charge in [-0.2, -0.15) is 4.98 Å². The average Bonchev–Trinajstić information content (AvgIpc) is 2.37. The van der Waals surface area contributed by atoms with Gasteiger partial charge in [-0.15, -0.1) is 0 Å². The maximum atomic E-state index is 9.32. The van der Waals surface area contributed by atoms with Gasteiger partial charge in [0.1, 0.15) is 5.02 Å². The lowest BCUT2D eigenvalue weighted by Gasteiger charge is -2.42. The van der Waals surface area contributed by atoms with E-state index in [1.807, 2.05) is 18.7 Å². The van der Waals surface area contributed by atoms with Crippen LogP contribution < -0.4 is 9.64 Å². The Kier molecular flexibility index (Phi) is 4.13. The molecule has 0 radical (unpaired) electrons. The molecule has 0 amide bonds. The third-order valence-electron chi connectivity index (χ3n) is 2.87. The molecule has 1 N–H and O–H groups in total. The van der Waals surface area contributed by atoms with E-state index < -0.39 is 0 Å². The Balaban J connectivity index is 2.29. The molecule has 1 aliphatic heterocycles. The molecule has 106 valence electrons. The first-order valence-electron chi connectivity index (χ1n) is 6.05. The third-order valence-corrected chi connectivity index (χ3v) is 3.14. The summed E-state index contributed by atoms with van der Waals surface area (Å²) >= 11 is 6.15. The fourth-order valence-corrected chi connectivity index (χ4v) is 2.43. The van der Waals surface area contributed by atoms with Crippen LogP contribution in [0.3, 0.4) is 0 Å². The van der Waals surface area contributed by atoms with E-state index >= 15 is 0 Å². The summed E-state index contributed by atoms with van der Waals surface area (Å²) in [5, 5.41) is 9.77. The van der Waals surface area contributed by atoms with Crippen LogP contribution in [-0.2, 0) is 4.74 Å². The summed E-state index contributed by atoms with van der Waals surface area (Å²) in [6.45, 7) is 5.05. The monoisotopic (exact) mass is 287 g/mol. The van der Waals surface area contributed by atoms with Gasteiger partial charge in [0, 0.05) is 13.1 Å². The summed E-state index contributed by atoms with van der Waals surface area (Å²) in [5.74, 6) is 0.600. The molecule has 1 aliphatic rings. The van der Waals surface area contributed by atoms with E-state index in [4.69, 9.17) is 21.1 Å². The molecule has 2 rings (SSSR count). The van der Waals surface area contributed by atoms with Gasteiger partial charge in [0.05, 0.1) is 31.6 Å². The van der Waals surface area contributed by atoms with Crippen molar-refractivity contribution in [3.63, 3.8) is 0 Å². The summed E-state index contributed by atoms with van der Waals surface area (Å²) in [6, 6.07) is 0.268. The molecule has 1 unspecified atom stereocenters. The summed E-state index contributed by atoms with van der Waals surface area (Å²) in [5.41, 5.74) is -0.382. The maximum absolute atomic E-state index is 9.32. The van der Waals surface area contributed by atoms with Crippen molar-refractivity contribution in [3.8, 4) is 6.01 Å². The van der Waals surface area contributed by atoms with E-state index in [0.717, 1.165) is 0 Å². The molecule has 2 heterocycles. The van der Waals surface area contributed by atoms with Crippen LogP contribution in [0.4, 0.5) is 5.82 Å². The lowest BCUT2D eigenvalue weighted by atomic mass is 10.1. The number of methoxy groups -OCH3 is 1. The van der Waals surface area contributed by atoms with Gasteiger partial charge in [-0.3, -0.25) is 0 Å². The number of nitrogens with zero attached hydrogens (tertiary/aromatic N) is 3. The Labute approximate surface area is 117 Å². The van der Waals surface area contributed by atoms with E-state index in [1.165, 1.54) is 13.3 Å². The molecule has 0 spiro atoms.